The molecule has 1 fully saturated rings. The summed E-state index contributed by atoms with van der Waals surface area (Å²) in [6.45, 7) is 1.78. The highest BCUT2D eigenvalue weighted by atomic mass is 32.2. The van der Waals surface area contributed by atoms with E-state index in [0.717, 1.165) is 0 Å². The number of amides is 2. The molecule has 0 radical (unpaired) electrons. The molecular formula is C17H25N3O5S. The van der Waals surface area contributed by atoms with Gasteiger partial charge >= 0.3 is 12.0 Å². The van der Waals surface area contributed by atoms with Crippen molar-refractivity contribution in [3.8, 4) is 0 Å². The highest BCUT2D eigenvalue weighted by molar-refractivity contribution is 7.92. The number of nitrogens with one attached hydrogen (secondary N) is 3. The zero-order chi connectivity index (χ0) is 19.2. The second kappa shape index (κ2) is 8.88. The Hall–Kier alpha value is -2.29. The molecule has 1 aromatic rings. The summed E-state index contributed by atoms with van der Waals surface area (Å²) in [4.78, 5) is 23.1. The van der Waals surface area contributed by atoms with Gasteiger partial charge in [0.1, 0.15) is 0 Å². The normalized spacial score (nSPS) is 20.2. The van der Waals surface area contributed by atoms with E-state index in [1.807, 2.05) is 0 Å². The van der Waals surface area contributed by atoms with Crippen LogP contribution >= 0.6 is 0 Å². The standard InChI is InChI=1S/C17H25N3O5S/c1-2-10-26(24,25)20-15-5-3-4-14(11-15)19-17(23)18-13-8-6-12(7-9-13)16(21)22/h3-5,11-13,20H,2,6-10H2,1H3,(H,21,22)(H2,18,19,23). The number of aliphatic carboxylic acids is 1. The van der Waals surface area contributed by atoms with Crippen LogP contribution in [-0.4, -0.2) is 37.3 Å². The first-order valence-corrected chi connectivity index (χ1v) is 10.3. The number of benzene rings is 1. The maximum atomic E-state index is 12.1. The third kappa shape index (κ3) is 6.21. The van der Waals surface area contributed by atoms with Gasteiger partial charge in [-0.15, -0.1) is 0 Å². The van der Waals surface area contributed by atoms with Crippen molar-refractivity contribution in [1.29, 1.82) is 0 Å². The van der Waals surface area contributed by atoms with Gasteiger partial charge in [0, 0.05) is 11.7 Å². The Morgan fingerprint density at radius 1 is 1.15 bits per heavy atom. The molecule has 0 heterocycles. The molecule has 2 amide bonds. The molecule has 1 aromatic carbocycles. The van der Waals surface area contributed by atoms with Gasteiger partial charge in [-0.05, 0) is 50.3 Å². The minimum atomic E-state index is -3.39. The zero-order valence-electron chi connectivity index (χ0n) is 14.7. The van der Waals surface area contributed by atoms with Gasteiger partial charge in [0.15, 0.2) is 0 Å². The second-order valence-electron chi connectivity index (χ2n) is 6.49. The SMILES string of the molecule is CCCS(=O)(=O)Nc1cccc(NC(=O)NC2CCC(C(=O)O)CC2)c1. The molecule has 0 aromatic heterocycles. The molecule has 9 heteroatoms. The molecule has 26 heavy (non-hydrogen) atoms. The maximum absolute atomic E-state index is 12.1. The third-order valence-electron chi connectivity index (χ3n) is 4.28. The number of sulfonamides is 1. The van der Waals surface area contributed by atoms with Crippen molar-refractivity contribution in [2.45, 2.75) is 45.1 Å². The van der Waals surface area contributed by atoms with Crippen molar-refractivity contribution >= 4 is 33.4 Å². The quantitative estimate of drug-likeness (QED) is 0.576. The summed E-state index contributed by atoms with van der Waals surface area (Å²) < 4.78 is 26.1. The monoisotopic (exact) mass is 383 g/mol. The van der Waals surface area contributed by atoms with Gasteiger partial charge in [-0.25, -0.2) is 13.2 Å². The van der Waals surface area contributed by atoms with Crippen molar-refractivity contribution in [2.24, 2.45) is 5.92 Å². The van der Waals surface area contributed by atoms with Gasteiger partial charge in [0.05, 0.1) is 17.4 Å². The Labute approximate surface area is 153 Å². The van der Waals surface area contributed by atoms with E-state index < -0.39 is 22.0 Å². The van der Waals surface area contributed by atoms with E-state index in [1.54, 1.807) is 31.2 Å². The number of carbonyl (C=O) groups excluding carboxylic acids is 1. The Kier molecular flexibility index (Phi) is 6.84. The molecule has 1 aliphatic carbocycles. The van der Waals surface area contributed by atoms with E-state index in [1.165, 1.54) is 0 Å². The van der Waals surface area contributed by atoms with Crippen LogP contribution in [0.3, 0.4) is 0 Å². The van der Waals surface area contributed by atoms with E-state index in [9.17, 15) is 18.0 Å². The Morgan fingerprint density at radius 2 is 1.81 bits per heavy atom. The van der Waals surface area contributed by atoms with Crippen molar-refractivity contribution in [1.82, 2.24) is 5.32 Å². The predicted molar refractivity (Wildman–Crippen MR) is 99.7 cm³/mol. The predicted octanol–water partition coefficient (Wildman–Crippen LogP) is 2.60. The fourth-order valence-corrected chi connectivity index (χ4v) is 4.12. The fourth-order valence-electron chi connectivity index (χ4n) is 3.00. The van der Waals surface area contributed by atoms with Crippen molar-refractivity contribution < 1.29 is 23.1 Å². The average Bonchev–Trinajstić information content (AvgIpc) is 2.54. The number of anilines is 2. The lowest BCUT2D eigenvalue weighted by molar-refractivity contribution is -0.142. The first-order valence-electron chi connectivity index (χ1n) is 8.70. The molecule has 4 N–H and O–H groups in total. The molecule has 0 saturated heterocycles. The fraction of sp³-hybridized carbons (Fsp3) is 0.529. The summed E-state index contributed by atoms with van der Waals surface area (Å²) in [5.41, 5.74) is 0.858. The number of carboxylic acid groups (broad SMARTS) is 1. The van der Waals surface area contributed by atoms with Crippen molar-refractivity contribution in [3.05, 3.63) is 24.3 Å². The van der Waals surface area contributed by atoms with E-state index in [2.05, 4.69) is 15.4 Å². The van der Waals surface area contributed by atoms with Crippen LogP contribution in [0.5, 0.6) is 0 Å². The van der Waals surface area contributed by atoms with E-state index in [0.29, 0.717) is 43.5 Å². The lowest BCUT2D eigenvalue weighted by atomic mass is 9.86. The van der Waals surface area contributed by atoms with Crippen LogP contribution in [0, 0.1) is 5.92 Å². The molecule has 0 unspecified atom stereocenters. The summed E-state index contributed by atoms with van der Waals surface area (Å²) >= 11 is 0. The molecular weight excluding hydrogens is 358 g/mol. The van der Waals surface area contributed by atoms with Crippen molar-refractivity contribution in [3.63, 3.8) is 0 Å². The Balaban J connectivity index is 1.87. The molecule has 8 nitrogen and oxygen atoms in total. The zero-order valence-corrected chi connectivity index (χ0v) is 15.5. The minimum Gasteiger partial charge on any atom is -0.481 e. The van der Waals surface area contributed by atoms with Crippen LogP contribution in [-0.2, 0) is 14.8 Å². The summed E-state index contributed by atoms with van der Waals surface area (Å²) in [6, 6.07) is 6.03. The van der Waals surface area contributed by atoms with E-state index in [4.69, 9.17) is 5.11 Å². The van der Waals surface area contributed by atoms with Gasteiger partial charge in [0.25, 0.3) is 0 Å². The van der Waals surface area contributed by atoms with Crippen LogP contribution < -0.4 is 15.4 Å². The topological polar surface area (TPSA) is 125 Å². The van der Waals surface area contributed by atoms with Gasteiger partial charge in [-0.3, -0.25) is 9.52 Å². The van der Waals surface area contributed by atoms with Crippen molar-refractivity contribution in [2.75, 3.05) is 15.8 Å². The Morgan fingerprint density at radius 3 is 2.42 bits per heavy atom. The van der Waals surface area contributed by atoms with Crippen LogP contribution in [0.15, 0.2) is 24.3 Å². The van der Waals surface area contributed by atoms with Gasteiger partial charge in [-0.1, -0.05) is 13.0 Å². The van der Waals surface area contributed by atoms with Gasteiger partial charge < -0.3 is 15.7 Å². The number of carbonyl (C=O) groups is 2. The number of carboxylic acids is 1. The largest absolute Gasteiger partial charge is 0.481 e. The molecule has 2 rings (SSSR count). The third-order valence-corrected chi connectivity index (χ3v) is 5.77. The van der Waals surface area contributed by atoms with Crippen LogP contribution in [0.1, 0.15) is 39.0 Å². The molecule has 0 spiro atoms. The number of hydrogen-bond acceptors (Lipinski definition) is 4. The Bertz CT molecular complexity index is 743. The number of urea groups is 1. The van der Waals surface area contributed by atoms with Gasteiger partial charge in [-0.2, -0.15) is 0 Å². The number of hydrogen-bond donors (Lipinski definition) is 4. The smallest absolute Gasteiger partial charge is 0.319 e. The highest BCUT2D eigenvalue weighted by Gasteiger charge is 2.26. The average molecular weight is 383 g/mol. The van der Waals surface area contributed by atoms with Crippen LogP contribution in [0.25, 0.3) is 0 Å². The molecule has 1 aliphatic rings. The van der Waals surface area contributed by atoms with E-state index in [-0.39, 0.29) is 17.7 Å². The number of rotatable bonds is 7. The summed E-state index contributed by atoms with van der Waals surface area (Å²) in [5, 5.41) is 14.5. The van der Waals surface area contributed by atoms with Crippen LogP contribution in [0.4, 0.5) is 16.2 Å². The lowest BCUT2D eigenvalue weighted by Crippen LogP contribution is -2.40. The van der Waals surface area contributed by atoms with E-state index >= 15 is 0 Å². The molecule has 1 saturated carbocycles. The molecule has 0 bridgehead atoms. The van der Waals surface area contributed by atoms with Gasteiger partial charge in [0.2, 0.25) is 10.0 Å². The highest BCUT2D eigenvalue weighted by Crippen LogP contribution is 2.24. The summed E-state index contributed by atoms with van der Waals surface area (Å²) in [6.07, 6.45) is 2.87. The second-order valence-corrected chi connectivity index (χ2v) is 8.33. The minimum absolute atomic E-state index is 0.0319. The first-order chi connectivity index (χ1) is 12.3. The summed E-state index contributed by atoms with van der Waals surface area (Å²) in [7, 11) is -3.39. The van der Waals surface area contributed by atoms with Crippen LogP contribution in [0.2, 0.25) is 0 Å². The lowest BCUT2D eigenvalue weighted by Gasteiger charge is -2.26. The summed E-state index contributed by atoms with van der Waals surface area (Å²) in [5.74, 6) is -1.08. The molecule has 0 aliphatic heterocycles. The first kappa shape index (κ1) is 20.0. The molecule has 0 atom stereocenters. The molecule has 144 valence electrons. The maximum Gasteiger partial charge on any atom is 0.319 e.